The summed E-state index contributed by atoms with van der Waals surface area (Å²) in [5.74, 6) is 0.534. The van der Waals surface area contributed by atoms with Crippen molar-refractivity contribution in [3.63, 3.8) is 0 Å². The number of aromatic nitrogens is 1. The highest BCUT2D eigenvalue weighted by atomic mass is 35.5. The van der Waals surface area contributed by atoms with Crippen LogP contribution in [0, 0.1) is 10.1 Å². The third-order valence-electron chi connectivity index (χ3n) is 3.40. The van der Waals surface area contributed by atoms with Gasteiger partial charge in [-0.1, -0.05) is 11.6 Å². The zero-order valence-corrected chi connectivity index (χ0v) is 12.2. The van der Waals surface area contributed by atoms with Crippen molar-refractivity contribution in [3.8, 4) is 0 Å². The maximum atomic E-state index is 10.8. The van der Waals surface area contributed by atoms with Gasteiger partial charge in [0.05, 0.1) is 11.5 Å². The van der Waals surface area contributed by atoms with Gasteiger partial charge in [0.25, 0.3) is 6.20 Å². The zero-order chi connectivity index (χ0) is 14.1. The predicted octanol–water partition coefficient (Wildman–Crippen LogP) is 3.06. The van der Waals surface area contributed by atoms with Gasteiger partial charge in [0.2, 0.25) is 0 Å². The molecule has 106 valence electrons. The third-order valence-corrected chi connectivity index (χ3v) is 4.50. The van der Waals surface area contributed by atoms with Gasteiger partial charge in [-0.3, -0.25) is 10.1 Å². The molecule has 6 nitrogen and oxygen atoms in total. The molecule has 0 unspecified atom stereocenters. The molecule has 1 aromatic heterocycles. The Morgan fingerprint density at radius 1 is 1.55 bits per heavy atom. The summed E-state index contributed by atoms with van der Waals surface area (Å²) in [6.45, 7) is 0.565. The second-order valence-electron chi connectivity index (χ2n) is 4.72. The average Bonchev–Trinajstić information content (AvgIpc) is 2.95. The molecule has 0 amide bonds. The molecule has 1 aliphatic heterocycles. The first-order chi connectivity index (χ1) is 9.63. The van der Waals surface area contributed by atoms with E-state index in [-0.39, 0.29) is 0 Å². The topological polar surface area (TPSA) is 71.3 Å². The van der Waals surface area contributed by atoms with E-state index in [2.05, 4.69) is 10.3 Å². The molecular formula is C12H13ClN4O2S. The van der Waals surface area contributed by atoms with E-state index in [1.165, 1.54) is 11.3 Å². The Labute approximate surface area is 124 Å². The Kier molecular flexibility index (Phi) is 3.62. The lowest BCUT2D eigenvalue weighted by Crippen LogP contribution is -2.22. The van der Waals surface area contributed by atoms with Crippen LogP contribution in [-0.2, 0) is 6.54 Å². The SMILES string of the molecule is O=[N+]([O-])/C=C1\NC2=C(CCCC2)N1Cc1cnc(Cl)s1. The maximum Gasteiger partial charge on any atom is 0.275 e. The van der Waals surface area contributed by atoms with Crippen LogP contribution in [0.4, 0.5) is 0 Å². The molecular weight excluding hydrogens is 300 g/mol. The van der Waals surface area contributed by atoms with E-state index in [0.717, 1.165) is 48.2 Å². The Bertz CT molecular complexity index is 610. The molecule has 20 heavy (non-hydrogen) atoms. The van der Waals surface area contributed by atoms with Gasteiger partial charge in [0.1, 0.15) is 0 Å². The quantitative estimate of drug-likeness (QED) is 0.686. The maximum absolute atomic E-state index is 10.8. The van der Waals surface area contributed by atoms with Crippen LogP contribution in [0.25, 0.3) is 0 Å². The fourth-order valence-electron chi connectivity index (χ4n) is 2.58. The number of nitrogens with one attached hydrogen (secondary N) is 1. The molecule has 1 N–H and O–H groups in total. The lowest BCUT2D eigenvalue weighted by atomic mass is 10.0. The van der Waals surface area contributed by atoms with Gasteiger partial charge >= 0.3 is 0 Å². The molecule has 3 rings (SSSR count). The van der Waals surface area contributed by atoms with Crippen molar-refractivity contribution in [2.75, 3.05) is 0 Å². The predicted molar refractivity (Wildman–Crippen MR) is 76.4 cm³/mol. The summed E-state index contributed by atoms with van der Waals surface area (Å²) in [5.41, 5.74) is 2.27. The number of hydrogen-bond donors (Lipinski definition) is 1. The lowest BCUT2D eigenvalue weighted by Gasteiger charge is -2.22. The highest BCUT2D eigenvalue weighted by molar-refractivity contribution is 7.15. The molecule has 8 heteroatoms. The molecule has 1 aliphatic carbocycles. The van der Waals surface area contributed by atoms with Gasteiger partial charge in [0.15, 0.2) is 10.3 Å². The van der Waals surface area contributed by atoms with Crippen LogP contribution in [0.5, 0.6) is 0 Å². The van der Waals surface area contributed by atoms with Crippen LogP contribution in [0.15, 0.2) is 29.6 Å². The van der Waals surface area contributed by atoms with Gasteiger partial charge in [0, 0.05) is 22.5 Å². The molecule has 0 spiro atoms. The van der Waals surface area contributed by atoms with E-state index in [9.17, 15) is 10.1 Å². The second kappa shape index (κ2) is 5.41. The highest BCUT2D eigenvalue weighted by Gasteiger charge is 2.30. The number of nitro groups is 1. The summed E-state index contributed by atoms with van der Waals surface area (Å²) in [6.07, 6.45) is 6.89. The summed E-state index contributed by atoms with van der Waals surface area (Å²) in [5, 5.41) is 14.0. The van der Waals surface area contributed by atoms with E-state index < -0.39 is 4.92 Å². The molecule has 2 heterocycles. The Balaban J connectivity index is 1.89. The minimum Gasteiger partial charge on any atom is -0.338 e. The number of rotatable bonds is 3. The van der Waals surface area contributed by atoms with Gasteiger partial charge in [-0.05, 0) is 25.7 Å². The van der Waals surface area contributed by atoms with E-state index in [1.807, 2.05) is 4.90 Å². The molecule has 0 aromatic carbocycles. The van der Waals surface area contributed by atoms with Gasteiger partial charge in [-0.25, -0.2) is 4.98 Å². The number of thiazole rings is 1. The Morgan fingerprint density at radius 2 is 2.35 bits per heavy atom. The first kappa shape index (κ1) is 13.4. The minimum atomic E-state index is -0.423. The molecule has 2 aliphatic rings. The normalized spacial score (nSPS) is 20.2. The zero-order valence-electron chi connectivity index (χ0n) is 10.6. The fourth-order valence-corrected chi connectivity index (χ4v) is 3.55. The van der Waals surface area contributed by atoms with Crippen LogP contribution in [0.3, 0.4) is 0 Å². The van der Waals surface area contributed by atoms with Crippen molar-refractivity contribution in [1.29, 1.82) is 0 Å². The molecule has 0 saturated heterocycles. The van der Waals surface area contributed by atoms with Crippen molar-refractivity contribution in [3.05, 3.63) is 49.1 Å². The van der Waals surface area contributed by atoms with E-state index in [1.54, 1.807) is 6.20 Å². The molecule has 0 saturated carbocycles. The van der Waals surface area contributed by atoms with Crippen LogP contribution < -0.4 is 5.32 Å². The summed E-state index contributed by atoms with van der Waals surface area (Å²) in [6, 6.07) is 0. The van der Waals surface area contributed by atoms with Crippen molar-refractivity contribution < 1.29 is 4.92 Å². The number of nitrogens with zero attached hydrogens (tertiary/aromatic N) is 3. The van der Waals surface area contributed by atoms with Crippen LogP contribution >= 0.6 is 22.9 Å². The standard InChI is InChI=1S/C12H13ClN4O2S/c13-12-14-5-8(20-12)6-16-10-4-2-1-3-9(10)15-11(16)7-17(18)19/h5,7,15H,1-4,6H2/b11-7+. The van der Waals surface area contributed by atoms with Crippen LogP contribution in [0.1, 0.15) is 30.6 Å². The number of allylic oxidation sites excluding steroid dienone is 2. The summed E-state index contributed by atoms with van der Waals surface area (Å²) in [4.78, 5) is 17.3. The second-order valence-corrected chi connectivity index (χ2v) is 6.42. The van der Waals surface area contributed by atoms with Crippen LogP contribution in [-0.4, -0.2) is 14.8 Å². The Hall–Kier alpha value is -1.60. The molecule has 1 aromatic rings. The van der Waals surface area contributed by atoms with Gasteiger partial charge in [-0.15, -0.1) is 11.3 Å². The van der Waals surface area contributed by atoms with E-state index in [0.29, 0.717) is 16.8 Å². The summed E-state index contributed by atoms with van der Waals surface area (Å²) in [7, 11) is 0. The first-order valence-electron chi connectivity index (χ1n) is 6.35. The average molecular weight is 313 g/mol. The summed E-state index contributed by atoms with van der Waals surface area (Å²) < 4.78 is 0.491. The van der Waals surface area contributed by atoms with Crippen LogP contribution in [0.2, 0.25) is 4.47 Å². The van der Waals surface area contributed by atoms with Crippen molar-refractivity contribution in [2.24, 2.45) is 0 Å². The largest absolute Gasteiger partial charge is 0.338 e. The molecule has 0 fully saturated rings. The number of halogens is 1. The number of hydrogen-bond acceptors (Lipinski definition) is 6. The van der Waals surface area contributed by atoms with Gasteiger partial charge in [-0.2, -0.15) is 0 Å². The fraction of sp³-hybridized carbons (Fsp3) is 0.417. The van der Waals surface area contributed by atoms with Crippen molar-refractivity contribution in [2.45, 2.75) is 32.2 Å². The monoisotopic (exact) mass is 312 g/mol. The molecule has 0 radical (unpaired) electrons. The first-order valence-corrected chi connectivity index (χ1v) is 7.55. The smallest absolute Gasteiger partial charge is 0.275 e. The molecule has 0 atom stereocenters. The summed E-state index contributed by atoms with van der Waals surface area (Å²) >= 11 is 7.24. The van der Waals surface area contributed by atoms with E-state index in [4.69, 9.17) is 11.6 Å². The highest BCUT2D eigenvalue weighted by Crippen LogP contribution is 2.35. The lowest BCUT2D eigenvalue weighted by molar-refractivity contribution is -0.404. The molecule has 0 bridgehead atoms. The minimum absolute atomic E-state index is 0.423. The Morgan fingerprint density at radius 3 is 3.05 bits per heavy atom. The van der Waals surface area contributed by atoms with Crippen molar-refractivity contribution >= 4 is 22.9 Å². The van der Waals surface area contributed by atoms with Crippen molar-refractivity contribution in [1.82, 2.24) is 15.2 Å². The third kappa shape index (κ3) is 2.64. The van der Waals surface area contributed by atoms with E-state index >= 15 is 0 Å². The van der Waals surface area contributed by atoms with Gasteiger partial charge < -0.3 is 10.2 Å².